The van der Waals surface area contributed by atoms with E-state index in [1.54, 1.807) is 18.2 Å². The Morgan fingerprint density at radius 2 is 1.70 bits per heavy atom. The number of hydrogen-bond donors (Lipinski definition) is 0. The Balaban J connectivity index is 2.14. The average molecular weight is 446 g/mol. The molecule has 6 heteroatoms. The molecule has 0 aliphatic carbocycles. The van der Waals surface area contributed by atoms with Crippen molar-refractivity contribution in [2.24, 2.45) is 0 Å². The number of halogens is 3. The number of hydrogen-bond acceptors (Lipinski definition) is 2. The van der Waals surface area contributed by atoms with Crippen LogP contribution in [0.4, 0.5) is 10.1 Å². The molecule has 0 saturated carbocycles. The third-order valence-electron chi connectivity index (χ3n) is 3.00. The number of anilines is 1. The van der Waals surface area contributed by atoms with E-state index in [1.807, 2.05) is 22.6 Å². The standard InChI is InChI=1S/C14H6BrFINO2/c15-7-1-3-9-10(5-7)14(20)18(13(9)19)12-4-2-8(16)6-11(12)17/h1-6H. The van der Waals surface area contributed by atoms with Crippen LogP contribution < -0.4 is 4.90 Å². The predicted molar refractivity (Wildman–Crippen MR) is 84.4 cm³/mol. The summed E-state index contributed by atoms with van der Waals surface area (Å²) < 4.78 is 14.4. The van der Waals surface area contributed by atoms with Gasteiger partial charge in [0, 0.05) is 8.04 Å². The summed E-state index contributed by atoms with van der Waals surface area (Å²) in [5.74, 6) is -1.18. The van der Waals surface area contributed by atoms with Crippen molar-refractivity contribution in [2.45, 2.75) is 0 Å². The molecule has 0 spiro atoms. The van der Waals surface area contributed by atoms with Gasteiger partial charge >= 0.3 is 0 Å². The van der Waals surface area contributed by atoms with Gasteiger partial charge in [-0.25, -0.2) is 9.29 Å². The largest absolute Gasteiger partial charge is 0.268 e. The van der Waals surface area contributed by atoms with Gasteiger partial charge in [0.05, 0.1) is 16.8 Å². The van der Waals surface area contributed by atoms with E-state index in [1.165, 1.54) is 18.2 Å². The van der Waals surface area contributed by atoms with Gasteiger partial charge in [0.2, 0.25) is 0 Å². The van der Waals surface area contributed by atoms with Crippen molar-refractivity contribution in [3.8, 4) is 0 Å². The number of imide groups is 1. The van der Waals surface area contributed by atoms with Crippen LogP contribution in [-0.4, -0.2) is 11.8 Å². The fourth-order valence-corrected chi connectivity index (χ4v) is 3.17. The molecule has 2 aromatic rings. The molecule has 0 fully saturated rings. The van der Waals surface area contributed by atoms with Crippen molar-refractivity contribution in [1.82, 2.24) is 0 Å². The lowest BCUT2D eigenvalue weighted by Gasteiger charge is -2.15. The molecule has 20 heavy (non-hydrogen) atoms. The quantitative estimate of drug-likeness (QED) is 0.491. The van der Waals surface area contributed by atoms with Crippen LogP contribution in [0.5, 0.6) is 0 Å². The van der Waals surface area contributed by atoms with Crippen molar-refractivity contribution >= 4 is 56.0 Å². The van der Waals surface area contributed by atoms with Crippen molar-refractivity contribution in [3.63, 3.8) is 0 Å². The number of amides is 2. The molecule has 1 aliphatic heterocycles. The van der Waals surface area contributed by atoms with Gasteiger partial charge in [0.1, 0.15) is 5.82 Å². The highest BCUT2D eigenvalue weighted by Gasteiger charge is 2.37. The van der Waals surface area contributed by atoms with E-state index < -0.39 is 11.7 Å². The summed E-state index contributed by atoms with van der Waals surface area (Å²) in [5, 5.41) is 0. The van der Waals surface area contributed by atoms with E-state index in [0.717, 1.165) is 9.37 Å². The van der Waals surface area contributed by atoms with Gasteiger partial charge in [-0.2, -0.15) is 0 Å². The van der Waals surface area contributed by atoms with E-state index in [4.69, 9.17) is 0 Å². The lowest BCUT2D eigenvalue weighted by molar-refractivity contribution is 0.0926. The van der Waals surface area contributed by atoms with Gasteiger partial charge in [-0.15, -0.1) is 0 Å². The van der Waals surface area contributed by atoms with E-state index in [-0.39, 0.29) is 5.91 Å². The molecule has 0 N–H and O–H groups in total. The summed E-state index contributed by atoms with van der Waals surface area (Å²) >= 11 is 5.19. The first-order valence-electron chi connectivity index (χ1n) is 5.62. The number of fused-ring (bicyclic) bond motifs is 1. The first-order chi connectivity index (χ1) is 9.49. The second-order valence-corrected chi connectivity index (χ2v) is 6.31. The minimum Gasteiger partial charge on any atom is -0.268 e. The SMILES string of the molecule is O=C1c2ccc(Br)cc2C(=O)N1c1ccc(F)cc1I. The molecule has 0 saturated heterocycles. The maximum atomic E-state index is 13.1. The molecule has 3 nitrogen and oxygen atoms in total. The summed E-state index contributed by atoms with van der Waals surface area (Å²) in [6.45, 7) is 0. The lowest BCUT2D eigenvalue weighted by Crippen LogP contribution is -2.30. The summed E-state index contributed by atoms with van der Waals surface area (Å²) in [6, 6.07) is 8.89. The molecule has 0 radical (unpaired) electrons. The smallest absolute Gasteiger partial charge is 0.266 e. The predicted octanol–water partition coefficient (Wildman–Crippen LogP) is 3.99. The zero-order valence-corrected chi connectivity index (χ0v) is 13.6. The minimum atomic E-state index is -0.405. The topological polar surface area (TPSA) is 37.4 Å². The maximum Gasteiger partial charge on any atom is 0.266 e. The minimum absolute atomic E-state index is 0.351. The number of rotatable bonds is 1. The van der Waals surface area contributed by atoms with Gasteiger partial charge in [0.25, 0.3) is 11.8 Å². The molecule has 3 rings (SSSR count). The maximum absolute atomic E-state index is 13.1. The third-order valence-corrected chi connectivity index (χ3v) is 4.36. The molecule has 2 aromatic carbocycles. The first-order valence-corrected chi connectivity index (χ1v) is 7.49. The first kappa shape index (κ1) is 13.7. The van der Waals surface area contributed by atoms with E-state index in [9.17, 15) is 14.0 Å². The summed E-state index contributed by atoms with van der Waals surface area (Å²) in [5.41, 5.74) is 1.11. The van der Waals surface area contributed by atoms with Crippen LogP contribution in [0, 0.1) is 9.39 Å². The third kappa shape index (κ3) is 2.07. The Morgan fingerprint density at radius 1 is 1.00 bits per heavy atom. The molecule has 100 valence electrons. The zero-order chi connectivity index (χ0) is 14.4. The Labute approximate surface area is 136 Å². The molecule has 0 unspecified atom stereocenters. The Kier molecular flexibility index (Phi) is 3.37. The highest BCUT2D eigenvalue weighted by Crippen LogP contribution is 2.33. The van der Waals surface area contributed by atoms with Crippen LogP contribution in [0.3, 0.4) is 0 Å². The molecule has 0 aromatic heterocycles. The van der Waals surface area contributed by atoms with Gasteiger partial charge in [-0.05, 0) is 59.0 Å². The van der Waals surface area contributed by atoms with Gasteiger partial charge < -0.3 is 0 Å². The number of carbonyl (C=O) groups is 2. The highest BCUT2D eigenvalue weighted by atomic mass is 127. The van der Waals surface area contributed by atoms with Crippen LogP contribution in [-0.2, 0) is 0 Å². The van der Waals surface area contributed by atoms with Gasteiger partial charge in [-0.3, -0.25) is 9.59 Å². The molecule has 1 heterocycles. The van der Waals surface area contributed by atoms with Crippen LogP contribution >= 0.6 is 38.5 Å². The fraction of sp³-hybridized carbons (Fsp3) is 0. The second kappa shape index (κ2) is 4.92. The van der Waals surface area contributed by atoms with E-state index in [0.29, 0.717) is 20.4 Å². The lowest BCUT2D eigenvalue weighted by atomic mass is 10.1. The molecular weight excluding hydrogens is 440 g/mol. The van der Waals surface area contributed by atoms with Crippen LogP contribution in [0.15, 0.2) is 40.9 Å². The summed E-state index contributed by atoms with van der Waals surface area (Å²) in [7, 11) is 0. The van der Waals surface area contributed by atoms with Crippen molar-refractivity contribution in [1.29, 1.82) is 0 Å². The molecular formula is C14H6BrFINO2. The van der Waals surface area contributed by atoms with Crippen LogP contribution in [0.2, 0.25) is 0 Å². The monoisotopic (exact) mass is 445 g/mol. The van der Waals surface area contributed by atoms with Gasteiger partial charge in [0.15, 0.2) is 0 Å². The summed E-state index contributed by atoms with van der Waals surface area (Å²) in [6.07, 6.45) is 0. The highest BCUT2D eigenvalue weighted by molar-refractivity contribution is 14.1. The van der Waals surface area contributed by atoms with E-state index >= 15 is 0 Å². The van der Waals surface area contributed by atoms with E-state index in [2.05, 4.69) is 15.9 Å². The van der Waals surface area contributed by atoms with Crippen molar-refractivity contribution in [3.05, 3.63) is 61.4 Å². The molecule has 0 atom stereocenters. The number of carbonyl (C=O) groups excluding carboxylic acids is 2. The number of nitrogens with zero attached hydrogens (tertiary/aromatic N) is 1. The van der Waals surface area contributed by atoms with Crippen molar-refractivity contribution < 1.29 is 14.0 Å². The Bertz CT molecular complexity index is 763. The van der Waals surface area contributed by atoms with Crippen LogP contribution in [0.1, 0.15) is 20.7 Å². The summed E-state index contributed by atoms with van der Waals surface area (Å²) in [4.78, 5) is 25.8. The van der Waals surface area contributed by atoms with Crippen LogP contribution in [0.25, 0.3) is 0 Å². The Hall–Kier alpha value is -1.28. The fourth-order valence-electron chi connectivity index (χ4n) is 2.09. The second-order valence-electron chi connectivity index (χ2n) is 4.23. The number of benzene rings is 2. The molecule has 1 aliphatic rings. The normalized spacial score (nSPS) is 13.8. The zero-order valence-electron chi connectivity index (χ0n) is 9.86. The molecule has 2 amide bonds. The van der Waals surface area contributed by atoms with Gasteiger partial charge in [-0.1, -0.05) is 15.9 Å². The van der Waals surface area contributed by atoms with Crippen molar-refractivity contribution in [2.75, 3.05) is 4.90 Å². The molecule has 0 bridgehead atoms. The Morgan fingerprint density at radius 3 is 2.40 bits per heavy atom. The average Bonchev–Trinajstić information content (AvgIpc) is 2.63.